The van der Waals surface area contributed by atoms with Gasteiger partial charge in [-0.2, -0.15) is 0 Å². The number of piperidine rings is 1. The summed E-state index contributed by atoms with van der Waals surface area (Å²) in [5.74, 6) is 1.07. The Bertz CT molecular complexity index is 760. The molecule has 1 saturated heterocycles. The van der Waals surface area contributed by atoms with E-state index in [0.29, 0.717) is 36.7 Å². The van der Waals surface area contributed by atoms with Crippen LogP contribution >= 0.6 is 0 Å². The van der Waals surface area contributed by atoms with E-state index in [4.69, 9.17) is 14.2 Å². The average molecular weight is 436 g/mol. The number of carbonyl (C=O) groups excluding carboxylic acids is 3. The number of amides is 3. The molecule has 3 amide bonds. The van der Waals surface area contributed by atoms with Crippen LogP contribution in [0.15, 0.2) is 18.2 Å². The van der Waals surface area contributed by atoms with Crippen LogP contribution in [0.1, 0.15) is 44.0 Å². The standard InChI is InChI=1S/C22H33N3O6/c1-22(2,3)31-21(28)24-14-19(26)23-13-15-6-8-25(9-7-15)20(27)16-10-17(29-4)12-18(11-16)30-5/h10-12,15H,6-9,13-14H2,1-5H3,(H,23,26)(H,24,28). The predicted octanol–water partition coefficient (Wildman–Crippen LogP) is 2.20. The van der Waals surface area contributed by atoms with Crippen molar-refractivity contribution in [1.29, 1.82) is 0 Å². The molecule has 1 fully saturated rings. The van der Waals surface area contributed by atoms with E-state index in [1.165, 1.54) is 0 Å². The molecule has 172 valence electrons. The Labute approximate surface area is 183 Å². The van der Waals surface area contributed by atoms with Crippen LogP contribution < -0.4 is 20.1 Å². The summed E-state index contributed by atoms with van der Waals surface area (Å²) in [7, 11) is 3.09. The van der Waals surface area contributed by atoms with E-state index < -0.39 is 11.7 Å². The number of rotatable bonds is 7. The van der Waals surface area contributed by atoms with Gasteiger partial charge in [0.1, 0.15) is 17.1 Å². The van der Waals surface area contributed by atoms with E-state index in [-0.39, 0.29) is 24.3 Å². The Hall–Kier alpha value is -2.97. The molecule has 9 heteroatoms. The molecule has 2 rings (SSSR count). The molecule has 0 radical (unpaired) electrons. The molecule has 0 spiro atoms. The molecule has 2 N–H and O–H groups in total. The second-order valence-electron chi connectivity index (χ2n) is 8.50. The van der Waals surface area contributed by atoms with Gasteiger partial charge in [-0.05, 0) is 51.7 Å². The van der Waals surface area contributed by atoms with Crippen molar-refractivity contribution in [3.05, 3.63) is 23.8 Å². The third kappa shape index (κ3) is 7.99. The number of benzene rings is 1. The number of nitrogens with one attached hydrogen (secondary N) is 2. The topological polar surface area (TPSA) is 106 Å². The fourth-order valence-electron chi connectivity index (χ4n) is 3.24. The molecule has 1 aliphatic heterocycles. The van der Waals surface area contributed by atoms with Crippen LogP contribution in [0, 0.1) is 5.92 Å². The molecule has 1 aromatic rings. The van der Waals surface area contributed by atoms with Crippen LogP contribution in [0.3, 0.4) is 0 Å². The lowest BCUT2D eigenvalue weighted by molar-refractivity contribution is -0.120. The molecule has 9 nitrogen and oxygen atoms in total. The first-order valence-electron chi connectivity index (χ1n) is 10.4. The lowest BCUT2D eigenvalue weighted by atomic mass is 9.96. The number of nitrogens with zero attached hydrogens (tertiary/aromatic N) is 1. The molecule has 0 saturated carbocycles. The van der Waals surface area contributed by atoms with Crippen LogP contribution in [0.2, 0.25) is 0 Å². The maximum Gasteiger partial charge on any atom is 0.408 e. The number of carbonyl (C=O) groups is 3. The zero-order chi connectivity index (χ0) is 23.0. The third-order valence-corrected chi connectivity index (χ3v) is 4.88. The van der Waals surface area contributed by atoms with E-state index in [1.807, 2.05) is 0 Å². The van der Waals surface area contributed by atoms with E-state index in [2.05, 4.69) is 10.6 Å². The van der Waals surface area contributed by atoms with E-state index in [1.54, 1.807) is 58.1 Å². The maximum atomic E-state index is 12.8. The molecular formula is C22H33N3O6. The van der Waals surface area contributed by atoms with Gasteiger partial charge in [0.25, 0.3) is 5.91 Å². The highest BCUT2D eigenvalue weighted by molar-refractivity contribution is 5.95. The van der Waals surface area contributed by atoms with Crippen molar-refractivity contribution in [2.75, 3.05) is 40.4 Å². The van der Waals surface area contributed by atoms with Crippen LogP contribution in [0.5, 0.6) is 11.5 Å². The van der Waals surface area contributed by atoms with Crippen LogP contribution in [-0.4, -0.2) is 68.8 Å². The molecular weight excluding hydrogens is 402 g/mol. The van der Waals surface area contributed by atoms with Crippen molar-refractivity contribution in [1.82, 2.24) is 15.5 Å². The fraction of sp³-hybridized carbons (Fsp3) is 0.591. The van der Waals surface area contributed by atoms with Gasteiger partial charge >= 0.3 is 6.09 Å². The van der Waals surface area contributed by atoms with E-state index in [0.717, 1.165) is 12.8 Å². The van der Waals surface area contributed by atoms with Crippen LogP contribution in [0.25, 0.3) is 0 Å². The van der Waals surface area contributed by atoms with Crippen molar-refractivity contribution in [3.8, 4) is 11.5 Å². The number of methoxy groups -OCH3 is 2. The third-order valence-electron chi connectivity index (χ3n) is 4.88. The van der Waals surface area contributed by atoms with Gasteiger partial charge in [-0.15, -0.1) is 0 Å². The minimum atomic E-state index is -0.622. The summed E-state index contributed by atoms with van der Waals surface area (Å²) in [5.41, 5.74) is -0.0849. The molecule has 1 heterocycles. The second-order valence-corrected chi connectivity index (χ2v) is 8.50. The Morgan fingerprint density at radius 2 is 1.58 bits per heavy atom. The first-order valence-corrected chi connectivity index (χ1v) is 10.4. The zero-order valence-corrected chi connectivity index (χ0v) is 18.9. The van der Waals surface area contributed by atoms with Crippen LogP contribution in [-0.2, 0) is 9.53 Å². The molecule has 0 bridgehead atoms. The lowest BCUT2D eigenvalue weighted by Gasteiger charge is -2.32. The highest BCUT2D eigenvalue weighted by Gasteiger charge is 2.25. The summed E-state index contributed by atoms with van der Waals surface area (Å²) in [6, 6.07) is 5.13. The maximum absolute atomic E-state index is 12.8. The largest absolute Gasteiger partial charge is 0.497 e. The number of ether oxygens (including phenoxy) is 3. The molecule has 1 aliphatic rings. The normalized spacial score (nSPS) is 14.5. The van der Waals surface area contributed by atoms with Crippen molar-refractivity contribution >= 4 is 17.9 Å². The highest BCUT2D eigenvalue weighted by Crippen LogP contribution is 2.25. The van der Waals surface area contributed by atoms with E-state index >= 15 is 0 Å². The van der Waals surface area contributed by atoms with Gasteiger partial charge in [-0.3, -0.25) is 9.59 Å². The van der Waals surface area contributed by atoms with Gasteiger partial charge < -0.3 is 29.7 Å². The Morgan fingerprint density at radius 1 is 1.00 bits per heavy atom. The smallest absolute Gasteiger partial charge is 0.408 e. The summed E-state index contributed by atoms with van der Waals surface area (Å²) in [4.78, 5) is 38.2. The fourth-order valence-corrected chi connectivity index (χ4v) is 3.24. The van der Waals surface area contributed by atoms with Crippen molar-refractivity contribution in [2.45, 2.75) is 39.2 Å². The van der Waals surface area contributed by atoms with Gasteiger partial charge in [-0.25, -0.2) is 4.79 Å². The summed E-state index contributed by atoms with van der Waals surface area (Å²) < 4.78 is 15.6. The summed E-state index contributed by atoms with van der Waals surface area (Å²) in [6.45, 7) is 6.86. The van der Waals surface area contributed by atoms with Gasteiger partial charge in [0, 0.05) is 31.3 Å². The number of hydrogen-bond acceptors (Lipinski definition) is 6. The number of alkyl carbamates (subject to hydrolysis) is 1. The predicted molar refractivity (Wildman–Crippen MR) is 115 cm³/mol. The lowest BCUT2D eigenvalue weighted by Crippen LogP contribution is -2.44. The molecule has 0 aromatic heterocycles. The number of hydrogen-bond donors (Lipinski definition) is 2. The van der Waals surface area contributed by atoms with Gasteiger partial charge in [-0.1, -0.05) is 0 Å². The van der Waals surface area contributed by atoms with Gasteiger partial charge in [0.05, 0.1) is 20.8 Å². The quantitative estimate of drug-likeness (QED) is 0.680. The summed E-state index contributed by atoms with van der Waals surface area (Å²) in [5, 5.41) is 5.27. The zero-order valence-electron chi connectivity index (χ0n) is 18.9. The summed E-state index contributed by atoms with van der Waals surface area (Å²) in [6.07, 6.45) is 0.947. The SMILES string of the molecule is COc1cc(OC)cc(C(=O)N2CCC(CNC(=O)CNC(=O)OC(C)(C)C)CC2)c1. The highest BCUT2D eigenvalue weighted by atomic mass is 16.6. The Balaban J connectivity index is 1.75. The monoisotopic (exact) mass is 435 g/mol. The minimum absolute atomic E-state index is 0.0683. The molecule has 0 aliphatic carbocycles. The van der Waals surface area contributed by atoms with Crippen molar-refractivity contribution < 1.29 is 28.6 Å². The summed E-state index contributed by atoms with van der Waals surface area (Å²) >= 11 is 0. The first-order chi connectivity index (χ1) is 14.6. The molecule has 1 aromatic carbocycles. The molecule has 0 unspecified atom stereocenters. The second kappa shape index (κ2) is 10.9. The Morgan fingerprint density at radius 3 is 2.10 bits per heavy atom. The van der Waals surface area contributed by atoms with E-state index in [9.17, 15) is 14.4 Å². The van der Waals surface area contributed by atoms with Gasteiger partial charge in [0.2, 0.25) is 5.91 Å². The average Bonchev–Trinajstić information content (AvgIpc) is 2.74. The molecule has 31 heavy (non-hydrogen) atoms. The Kier molecular flexibility index (Phi) is 8.53. The van der Waals surface area contributed by atoms with Crippen molar-refractivity contribution in [2.24, 2.45) is 5.92 Å². The minimum Gasteiger partial charge on any atom is -0.497 e. The van der Waals surface area contributed by atoms with Crippen LogP contribution in [0.4, 0.5) is 4.79 Å². The van der Waals surface area contributed by atoms with Crippen molar-refractivity contribution in [3.63, 3.8) is 0 Å². The van der Waals surface area contributed by atoms with Gasteiger partial charge in [0.15, 0.2) is 0 Å². The number of likely N-dealkylation sites (tertiary alicyclic amines) is 1. The first kappa shape index (κ1) is 24.3. The molecule has 0 atom stereocenters.